The first-order valence-corrected chi connectivity index (χ1v) is 20.2. The van der Waals surface area contributed by atoms with Crippen LogP contribution in [0.5, 0.6) is 17.2 Å². The molecule has 0 radical (unpaired) electrons. The number of rotatable bonds is 11. The molecule has 1 aliphatic carbocycles. The average molecular weight is 785 g/mol. The van der Waals surface area contributed by atoms with E-state index in [0.717, 1.165) is 18.2 Å². The van der Waals surface area contributed by atoms with Crippen molar-refractivity contribution < 1.29 is 53.2 Å². The van der Waals surface area contributed by atoms with Gasteiger partial charge in [0.15, 0.2) is 17.3 Å². The standard InChI is InChI=1S/C35H32N2O13S3/c1-5-35(3,4)18-11-14-24(27(15-18)53(46,47)48)50-25-17-23(36-22-13-12-19(51(40,41)42)16-26(22)52(43,44)45)29-30-28(20-9-7-8-10-21(20)32(29)38)33(49-6-2)34(39)37-31(25)30/h7-17,36H,5-6H2,1-4H3,(H,37,39)(H,40,41,42)(H,43,44,45)(H,46,47,48). The Kier molecular flexibility index (Phi) is 9.29. The van der Waals surface area contributed by atoms with Gasteiger partial charge in [0.25, 0.3) is 35.9 Å². The summed E-state index contributed by atoms with van der Waals surface area (Å²) in [6.07, 6.45) is 0.609. The summed E-state index contributed by atoms with van der Waals surface area (Å²) in [5.74, 6) is -1.45. The number of anilines is 2. The summed E-state index contributed by atoms with van der Waals surface area (Å²) in [5.41, 5.74) is -1.02. The van der Waals surface area contributed by atoms with Gasteiger partial charge < -0.3 is 19.8 Å². The van der Waals surface area contributed by atoms with Crippen LogP contribution in [0.2, 0.25) is 0 Å². The molecule has 0 saturated heterocycles. The Bertz CT molecular complexity index is 2770. The van der Waals surface area contributed by atoms with Gasteiger partial charge in [0.2, 0.25) is 0 Å². The summed E-state index contributed by atoms with van der Waals surface area (Å²) in [6.45, 7) is 7.32. The highest BCUT2D eigenvalue weighted by atomic mass is 32.2. The van der Waals surface area contributed by atoms with Crippen molar-refractivity contribution in [3.05, 3.63) is 93.8 Å². The lowest BCUT2D eigenvalue weighted by Gasteiger charge is -2.26. The van der Waals surface area contributed by atoms with Crippen LogP contribution in [-0.2, 0) is 35.8 Å². The second kappa shape index (κ2) is 13.1. The minimum Gasteiger partial charge on any atom is -0.488 e. The number of fused-ring (bicyclic) bond motifs is 2. The SMILES string of the molecule is CCOc1c2c3c(c(Nc4ccc(S(=O)(=O)O)cc4S(=O)(=O)O)cc(Oc4ccc(C(C)(C)CC)cc4S(=O)(=O)O)c3[nH]c1=O)C(=O)c1ccccc1-2. The number of aromatic amines is 1. The molecule has 1 aromatic heterocycles. The maximum Gasteiger partial charge on any atom is 0.298 e. The van der Waals surface area contributed by atoms with Crippen molar-refractivity contribution in [2.24, 2.45) is 0 Å². The van der Waals surface area contributed by atoms with Gasteiger partial charge in [-0.25, -0.2) is 0 Å². The van der Waals surface area contributed by atoms with Crippen LogP contribution in [0.1, 0.15) is 55.6 Å². The van der Waals surface area contributed by atoms with Crippen molar-refractivity contribution in [3.8, 4) is 28.4 Å². The number of aromatic nitrogens is 1. The zero-order valence-corrected chi connectivity index (χ0v) is 30.9. The highest BCUT2D eigenvalue weighted by molar-refractivity contribution is 7.87. The van der Waals surface area contributed by atoms with Crippen LogP contribution in [0.15, 0.2) is 86.2 Å². The third kappa shape index (κ3) is 6.80. The van der Waals surface area contributed by atoms with Crippen LogP contribution in [0.4, 0.5) is 11.4 Å². The summed E-state index contributed by atoms with van der Waals surface area (Å²) in [6, 6.07) is 13.9. The summed E-state index contributed by atoms with van der Waals surface area (Å²) in [7, 11) is -15.1. The minimum atomic E-state index is -5.19. The molecule has 18 heteroatoms. The molecule has 4 aromatic carbocycles. The quantitative estimate of drug-likeness (QED) is 0.0933. The van der Waals surface area contributed by atoms with Crippen LogP contribution >= 0.6 is 0 Å². The van der Waals surface area contributed by atoms with E-state index in [9.17, 15) is 48.5 Å². The number of carbonyl (C=O) groups excluding carboxylic acids is 1. The highest BCUT2D eigenvalue weighted by Gasteiger charge is 2.35. The molecule has 1 heterocycles. The molecule has 15 nitrogen and oxygen atoms in total. The van der Waals surface area contributed by atoms with Crippen molar-refractivity contribution in [3.63, 3.8) is 0 Å². The van der Waals surface area contributed by atoms with Gasteiger partial charge >= 0.3 is 0 Å². The van der Waals surface area contributed by atoms with Crippen molar-refractivity contribution in [1.29, 1.82) is 0 Å². The lowest BCUT2D eigenvalue weighted by Crippen LogP contribution is -2.20. The molecule has 0 aliphatic heterocycles. The van der Waals surface area contributed by atoms with E-state index in [1.54, 1.807) is 31.2 Å². The lowest BCUT2D eigenvalue weighted by molar-refractivity contribution is 0.104. The number of benzene rings is 4. The number of ether oxygens (including phenoxy) is 2. The number of H-pyrrole nitrogens is 1. The maximum absolute atomic E-state index is 14.3. The Morgan fingerprint density at radius 1 is 0.736 bits per heavy atom. The van der Waals surface area contributed by atoms with Gasteiger partial charge in [-0.05, 0) is 60.2 Å². The van der Waals surface area contributed by atoms with Crippen LogP contribution in [0.3, 0.4) is 0 Å². The molecule has 6 rings (SSSR count). The van der Waals surface area contributed by atoms with Gasteiger partial charge in [-0.3, -0.25) is 23.2 Å². The Balaban J connectivity index is 1.72. The Hall–Kier alpha value is -5.11. The van der Waals surface area contributed by atoms with Crippen LogP contribution < -0.4 is 20.3 Å². The first-order valence-electron chi connectivity index (χ1n) is 15.9. The third-order valence-electron chi connectivity index (χ3n) is 9.07. The average Bonchev–Trinajstić information content (AvgIpc) is 3.07. The number of carbonyl (C=O) groups is 1. The van der Waals surface area contributed by atoms with E-state index in [2.05, 4.69) is 10.3 Å². The number of nitrogens with one attached hydrogen (secondary N) is 2. The number of ketones is 1. The normalized spacial score (nSPS) is 13.2. The van der Waals surface area contributed by atoms with E-state index in [1.165, 1.54) is 18.2 Å². The molecular weight excluding hydrogens is 753 g/mol. The monoisotopic (exact) mass is 784 g/mol. The third-order valence-corrected chi connectivity index (χ3v) is 11.7. The largest absolute Gasteiger partial charge is 0.488 e. The maximum atomic E-state index is 14.3. The van der Waals surface area contributed by atoms with Crippen LogP contribution in [0.25, 0.3) is 22.0 Å². The molecule has 0 bridgehead atoms. The van der Waals surface area contributed by atoms with Gasteiger partial charge in [0.05, 0.1) is 34.0 Å². The van der Waals surface area contributed by atoms with Crippen molar-refractivity contribution in [2.75, 3.05) is 11.9 Å². The van der Waals surface area contributed by atoms with Gasteiger partial charge in [0, 0.05) is 22.6 Å². The molecule has 0 saturated carbocycles. The molecular formula is C35H32N2O13S3. The van der Waals surface area contributed by atoms with E-state index in [1.807, 2.05) is 20.8 Å². The summed E-state index contributed by atoms with van der Waals surface area (Å²) in [4.78, 5) is 28.2. The molecule has 278 valence electrons. The predicted molar refractivity (Wildman–Crippen MR) is 194 cm³/mol. The van der Waals surface area contributed by atoms with Crippen molar-refractivity contribution in [2.45, 2.75) is 54.2 Å². The van der Waals surface area contributed by atoms with Crippen molar-refractivity contribution in [1.82, 2.24) is 4.98 Å². The van der Waals surface area contributed by atoms with Gasteiger partial charge in [0.1, 0.15) is 15.5 Å². The topological polar surface area (TPSA) is 244 Å². The summed E-state index contributed by atoms with van der Waals surface area (Å²) in [5, 5.41) is 2.79. The predicted octanol–water partition coefficient (Wildman–Crippen LogP) is 6.10. The summed E-state index contributed by atoms with van der Waals surface area (Å²) < 4.78 is 116. The van der Waals surface area contributed by atoms with Gasteiger partial charge in [-0.15, -0.1) is 0 Å². The molecule has 1 aliphatic rings. The van der Waals surface area contributed by atoms with Gasteiger partial charge in [-0.1, -0.05) is 51.1 Å². The van der Waals surface area contributed by atoms with Gasteiger partial charge in [-0.2, -0.15) is 25.3 Å². The molecule has 0 unspecified atom stereocenters. The first-order chi connectivity index (χ1) is 24.7. The number of pyridine rings is 1. The Morgan fingerprint density at radius 3 is 2.00 bits per heavy atom. The smallest absolute Gasteiger partial charge is 0.298 e. The Morgan fingerprint density at radius 2 is 1.40 bits per heavy atom. The van der Waals surface area contributed by atoms with E-state index < -0.39 is 67.5 Å². The number of hydrogen-bond donors (Lipinski definition) is 5. The second-order valence-electron chi connectivity index (χ2n) is 12.7. The summed E-state index contributed by atoms with van der Waals surface area (Å²) >= 11 is 0. The molecule has 0 atom stereocenters. The molecule has 0 spiro atoms. The molecule has 0 fully saturated rings. The van der Waals surface area contributed by atoms with Crippen LogP contribution in [-0.4, -0.2) is 56.3 Å². The molecule has 0 amide bonds. The first kappa shape index (κ1) is 37.6. The zero-order valence-electron chi connectivity index (χ0n) is 28.4. The van der Waals surface area contributed by atoms with E-state index in [0.29, 0.717) is 23.6 Å². The zero-order chi connectivity index (χ0) is 38.8. The molecule has 53 heavy (non-hydrogen) atoms. The second-order valence-corrected chi connectivity index (χ2v) is 16.9. The highest BCUT2D eigenvalue weighted by Crippen LogP contribution is 2.49. The molecule has 5 aromatic rings. The Labute approximate surface area is 303 Å². The minimum absolute atomic E-state index is 0.0321. The molecule has 5 N–H and O–H groups in total. The van der Waals surface area contributed by atoms with E-state index in [4.69, 9.17) is 9.47 Å². The van der Waals surface area contributed by atoms with E-state index in [-0.39, 0.29) is 57.1 Å². The van der Waals surface area contributed by atoms with E-state index >= 15 is 0 Å². The fourth-order valence-electron chi connectivity index (χ4n) is 6.08. The number of hydrogen-bond acceptors (Lipinski definition) is 11. The van der Waals surface area contributed by atoms with Crippen LogP contribution in [0, 0.1) is 0 Å². The fraction of sp³-hybridized carbons (Fsp3) is 0.200. The fourth-order valence-corrected chi connectivity index (χ4v) is 7.97. The lowest BCUT2D eigenvalue weighted by atomic mass is 9.82. The van der Waals surface area contributed by atoms with Crippen molar-refractivity contribution >= 4 is 58.4 Å².